The van der Waals surface area contributed by atoms with Crippen molar-refractivity contribution < 1.29 is 27.4 Å². The first kappa shape index (κ1) is 13.2. The fraction of sp³-hybridized carbons (Fsp3) is 0.500. The van der Waals surface area contributed by atoms with Crippen LogP contribution < -0.4 is 4.74 Å². The molecule has 3 nitrogen and oxygen atoms in total. The number of hydrogen-bond donors (Lipinski definition) is 0. The van der Waals surface area contributed by atoms with E-state index in [0.29, 0.717) is 19.8 Å². The molecule has 0 N–H and O–H groups in total. The molecule has 0 aromatic heterocycles. The molecule has 1 heterocycles. The van der Waals surface area contributed by atoms with Crippen molar-refractivity contribution in [2.24, 2.45) is 0 Å². The summed E-state index contributed by atoms with van der Waals surface area (Å²) in [6.45, 7) is 3.44. The SMILES string of the molecule is CC1(COCc2ccc(OC(F)(F)F)cc2)CO1. The fourth-order valence-electron chi connectivity index (χ4n) is 1.38. The van der Waals surface area contributed by atoms with E-state index in [1.54, 1.807) is 0 Å². The van der Waals surface area contributed by atoms with Gasteiger partial charge in [-0.2, -0.15) is 0 Å². The lowest BCUT2D eigenvalue weighted by Gasteiger charge is -2.10. The minimum absolute atomic E-state index is 0.181. The van der Waals surface area contributed by atoms with Crippen molar-refractivity contribution in [2.45, 2.75) is 25.5 Å². The molecule has 1 aromatic carbocycles. The summed E-state index contributed by atoms with van der Waals surface area (Å²) in [5, 5.41) is 0. The Morgan fingerprint density at radius 2 is 1.89 bits per heavy atom. The third-order valence-corrected chi connectivity index (χ3v) is 2.47. The highest BCUT2D eigenvalue weighted by molar-refractivity contribution is 5.27. The summed E-state index contributed by atoms with van der Waals surface area (Å²) in [6, 6.07) is 5.61. The predicted molar refractivity (Wildman–Crippen MR) is 57.1 cm³/mol. The van der Waals surface area contributed by atoms with E-state index in [1.807, 2.05) is 6.92 Å². The number of halogens is 3. The van der Waals surface area contributed by atoms with E-state index >= 15 is 0 Å². The molecule has 0 spiro atoms. The van der Waals surface area contributed by atoms with Crippen molar-refractivity contribution in [1.82, 2.24) is 0 Å². The van der Waals surface area contributed by atoms with E-state index in [-0.39, 0.29) is 11.4 Å². The van der Waals surface area contributed by atoms with Crippen LogP contribution >= 0.6 is 0 Å². The van der Waals surface area contributed by atoms with Crippen molar-refractivity contribution in [3.8, 4) is 5.75 Å². The first-order chi connectivity index (χ1) is 8.36. The topological polar surface area (TPSA) is 31.0 Å². The van der Waals surface area contributed by atoms with Crippen LogP contribution in [-0.4, -0.2) is 25.2 Å². The van der Waals surface area contributed by atoms with Crippen molar-refractivity contribution in [3.05, 3.63) is 29.8 Å². The van der Waals surface area contributed by atoms with Gasteiger partial charge in [0.05, 0.1) is 19.8 Å². The number of rotatable bonds is 5. The number of epoxide rings is 1. The number of ether oxygens (including phenoxy) is 3. The Morgan fingerprint density at radius 3 is 2.39 bits per heavy atom. The lowest BCUT2D eigenvalue weighted by Crippen LogP contribution is -2.17. The maximum atomic E-state index is 11.9. The van der Waals surface area contributed by atoms with Crippen LogP contribution in [0, 0.1) is 0 Å². The summed E-state index contributed by atoms with van der Waals surface area (Å²) >= 11 is 0. The van der Waals surface area contributed by atoms with Crippen LogP contribution in [0.4, 0.5) is 13.2 Å². The maximum Gasteiger partial charge on any atom is 0.573 e. The summed E-state index contributed by atoms with van der Waals surface area (Å²) in [6.07, 6.45) is -4.66. The van der Waals surface area contributed by atoms with Crippen LogP contribution in [0.5, 0.6) is 5.75 Å². The lowest BCUT2D eigenvalue weighted by atomic mass is 10.2. The largest absolute Gasteiger partial charge is 0.573 e. The van der Waals surface area contributed by atoms with Gasteiger partial charge in [-0.15, -0.1) is 13.2 Å². The third-order valence-electron chi connectivity index (χ3n) is 2.47. The molecule has 1 saturated heterocycles. The van der Waals surface area contributed by atoms with Crippen molar-refractivity contribution >= 4 is 0 Å². The van der Waals surface area contributed by atoms with Crippen molar-refractivity contribution in [2.75, 3.05) is 13.2 Å². The lowest BCUT2D eigenvalue weighted by molar-refractivity contribution is -0.274. The van der Waals surface area contributed by atoms with Crippen LogP contribution in [0.2, 0.25) is 0 Å². The molecular weight excluding hydrogens is 249 g/mol. The Hall–Kier alpha value is -1.27. The number of hydrogen-bond acceptors (Lipinski definition) is 3. The van der Waals surface area contributed by atoms with Crippen LogP contribution in [-0.2, 0) is 16.1 Å². The Kier molecular flexibility index (Phi) is 3.49. The second kappa shape index (κ2) is 4.78. The molecule has 2 rings (SSSR count). The molecule has 100 valence electrons. The van der Waals surface area contributed by atoms with Gasteiger partial charge < -0.3 is 14.2 Å². The van der Waals surface area contributed by atoms with Gasteiger partial charge in [0.1, 0.15) is 11.4 Å². The zero-order valence-electron chi connectivity index (χ0n) is 9.79. The van der Waals surface area contributed by atoms with Crippen LogP contribution in [0.3, 0.4) is 0 Å². The van der Waals surface area contributed by atoms with E-state index in [0.717, 1.165) is 5.56 Å². The van der Waals surface area contributed by atoms with Gasteiger partial charge in [-0.3, -0.25) is 0 Å². The molecule has 0 bridgehead atoms. The first-order valence-corrected chi connectivity index (χ1v) is 5.43. The maximum absolute atomic E-state index is 11.9. The molecule has 1 aliphatic heterocycles. The molecule has 0 aliphatic carbocycles. The van der Waals surface area contributed by atoms with Crippen LogP contribution in [0.1, 0.15) is 12.5 Å². The Balaban J connectivity index is 1.80. The highest BCUT2D eigenvalue weighted by Crippen LogP contribution is 2.26. The Labute approximate surface area is 102 Å². The molecule has 1 fully saturated rings. The number of alkyl halides is 3. The molecule has 0 amide bonds. The zero-order chi connectivity index (χ0) is 13.2. The number of benzene rings is 1. The fourth-order valence-corrected chi connectivity index (χ4v) is 1.38. The van der Waals surface area contributed by atoms with Crippen LogP contribution in [0.25, 0.3) is 0 Å². The molecule has 1 atom stereocenters. The average molecular weight is 262 g/mol. The molecule has 6 heteroatoms. The molecule has 1 aliphatic rings. The van der Waals surface area contributed by atoms with Gasteiger partial charge in [-0.1, -0.05) is 12.1 Å². The monoisotopic (exact) mass is 262 g/mol. The summed E-state index contributed by atoms with van der Waals surface area (Å²) < 4.78 is 50.1. The van der Waals surface area contributed by atoms with E-state index < -0.39 is 6.36 Å². The molecule has 0 saturated carbocycles. The smallest absolute Gasteiger partial charge is 0.406 e. The summed E-state index contributed by atoms with van der Waals surface area (Å²) in [5.74, 6) is -0.233. The van der Waals surface area contributed by atoms with Gasteiger partial charge in [0.2, 0.25) is 0 Å². The predicted octanol–water partition coefficient (Wildman–Crippen LogP) is 2.89. The highest BCUT2D eigenvalue weighted by Gasteiger charge is 2.39. The van der Waals surface area contributed by atoms with E-state index in [9.17, 15) is 13.2 Å². The van der Waals surface area contributed by atoms with Crippen molar-refractivity contribution in [3.63, 3.8) is 0 Å². The van der Waals surface area contributed by atoms with Gasteiger partial charge in [-0.25, -0.2) is 0 Å². The van der Waals surface area contributed by atoms with Gasteiger partial charge in [0.15, 0.2) is 0 Å². The molecule has 18 heavy (non-hydrogen) atoms. The Bertz CT molecular complexity index is 396. The minimum Gasteiger partial charge on any atom is -0.406 e. The van der Waals surface area contributed by atoms with Gasteiger partial charge in [0.25, 0.3) is 0 Å². The van der Waals surface area contributed by atoms with Crippen molar-refractivity contribution in [1.29, 1.82) is 0 Å². The molecule has 1 unspecified atom stereocenters. The summed E-state index contributed by atoms with van der Waals surface area (Å²) in [5.41, 5.74) is 0.605. The average Bonchev–Trinajstić information content (AvgIpc) is 2.97. The van der Waals surface area contributed by atoms with Gasteiger partial charge in [0, 0.05) is 0 Å². The van der Waals surface area contributed by atoms with E-state index in [4.69, 9.17) is 9.47 Å². The third kappa shape index (κ3) is 4.19. The normalized spacial score (nSPS) is 22.9. The minimum atomic E-state index is -4.66. The quantitative estimate of drug-likeness (QED) is 0.764. The van der Waals surface area contributed by atoms with Gasteiger partial charge in [-0.05, 0) is 24.6 Å². The molecular formula is C12H13F3O3. The van der Waals surface area contributed by atoms with Crippen LogP contribution in [0.15, 0.2) is 24.3 Å². The highest BCUT2D eigenvalue weighted by atomic mass is 19.4. The first-order valence-electron chi connectivity index (χ1n) is 5.43. The molecule has 0 radical (unpaired) electrons. The molecule has 1 aromatic rings. The zero-order valence-corrected chi connectivity index (χ0v) is 9.79. The van der Waals surface area contributed by atoms with Gasteiger partial charge >= 0.3 is 6.36 Å². The second-order valence-electron chi connectivity index (χ2n) is 4.42. The second-order valence-corrected chi connectivity index (χ2v) is 4.42. The Morgan fingerprint density at radius 1 is 1.28 bits per heavy atom. The van der Waals surface area contributed by atoms with E-state index in [1.165, 1.54) is 24.3 Å². The summed E-state index contributed by atoms with van der Waals surface area (Å²) in [4.78, 5) is 0. The summed E-state index contributed by atoms with van der Waals surface area (Å²) in [7, 11) is 0. The van der Waals surface area contributed by atoms with E-state index in [2.05, 4.69) is 4.74 Å². The standard InChI is InChI=1S/C12H13F3O3/c1-11(8-17-11)7-16-6-9-2-4-10(5-3-9)18-12(13,14)15/h2-5H,6-8H2,1H3.